The van der Waals surface area contributed by atoms with Crippen molar-refractivity contribution >= 4 is 11.6 Å². The van der Waals surface area contributed by atoms with Gasteiger partial charge in [0.1, 0.15) is 6.07 Å². The molecule has 0 saturated heterocycles. The van der Waals surface area contributed by atoms with Crippen LogP contribution in [-0.4, -0.2) is 11.6 Å². The van der Waals surface area contributed by atoms with Crippen molar-refractivity contribution in [1.82, 2.24) is 0 Å². The zero-order valence-corrected chi connectivity index (χ0v) is 10.1. The van der Waals surface area contributed by atoms with Crippen molar-refractivity contribution in [2.75, 3.05) is 0 Å². The van der Waals surface area contributed by atoms with E-state index in [0.29, 0.717) is 0 Å². The number of hydrogen-bond donors (Lipinski definition) is 0. The molecule has 0 unspecified atom stereocenters. The lowest BCUT2D eigenvalue weighted by molar-refractivity contribution is -0.133. The highest BCUT2D eigenvalue weighted by Gasteiger charge is 2.10. The third-order valence-corrected chi connectivity index (χ3v) is 2.61. The minimum absolute atomic E-state index is 0.237. The van der Waals surface area contributed by atoms with E-state index in [9.17, 15) is 9.59 Å². The fourth-order valence-electron chi connectivity index (χ4n) is 1.60. The van der Waals surface area contributed by atoms with Crippen LogP contribution in [-0.2, 0) is 9.59 Å². The lowest BCUT2D eigenvalue weighted by Gasteiger charge is -2.00. The Kier molecular flexibility index (Phi) is 9.59. The second kappa shape index (κ2) is 10.4. The van der Waals surface area contributed by atoms with Gasteiger partial charge in [-0.25, -0.2) is 0 Å². The number of carbonyl (C=O) groups is 2. The highest BCUT2D eigenvalue weighted by Crippen LogP contribution is 2.09. The zero-order valence-electron chi connectivity index (χ0n) is 10.1. The fourth-order valence-corrected chi connectivity index (χ4v) is 1.60. The summed E-state index contributed by atoms with van der Waals surface area (Å²) in [5, 5.41) is 8.21. The maximum Gasteiger partial charge on any atom is 0.297 e. The first kappa shape index (κ1) is 14.8. The molecule has 0 amide bonds. The summed E-state index contributed by atoms with van der Waals surface area (Å²) in [7, 11) is 0. The number of nitriles is 1. The van der Waals surface area contributed by atoms with Gasteiger partial charge < -0.3 is 0 Å². The number of hydrogen-bond acceptors (Lipinski definition) is 3. The molecule has 16 heavy (non-hydrogen) atoms. The Hall–Kier alpha value is -1.17. The third-order valence-electron chi connectivity index (χ3n) is 2.61. The zero-order chi connectivity index (χ0) is 12.2. The van der Waals surface area contributed by atoms with Gasteiger partial charge in [0.25, 0.3) is 5.78 Å². The summed E-state index contributed by atoms with van der Waals surface area (Å²) >= 11 is 0. The van der Waals surface area contributed by atoms with Crippen LogP contribution in [0.2, 0.25) is 0 Å². The smallest absolute Gasteiger partial charge is 0.290 e. The number of nitrogens with zero attached hydrogens (tertiary/aromatic N) is 1. The largest absolute Gasteiger partial charge is 0.297 e. The molecule has 0 aliphatic carbocycles. The number of ketones is 2. The van der Waals surface area contributed by atoms with E-state index < -0.39 is 11.6 Å². The molecule has 0 aliphatic heterocycles. The second-order valence-electron chi connectivity index (χ2n) is 4.09. The van der Waals surface area contributed by atoms with Crippen LogP contribution in [0.1, 0.15) is 64.7 Å². The normalized spacial score (nSPS) is 9.75. The molecule has 0 aliphatic rings. The molecule has 0 atom stereocenters. The van der Waals surface area contributed by atoms with E-state index in [2.05, 4.69) is 6.92 Å². The monoisotopic (exact) mass is 223 g/mol. The van der Waals surface area contributed by atoms with Crippen molar-refractivity contribution in [2.24, 2.45) is 0 Å². The fraction of sp³-hybridized carbons (Fsp3) is 0.769. The molecule has 90 valence electrons. The molecule has 3 nitrogen and oxygen atoms in total. The molecule has 0 bridgehead atoms. The van der Waals surface area contributed by atoms with Gasteiger partial charge in [-0.1, -0.05) is 51.9 Å². The van der Waals surface area contributed by atoms with Crippen molar-refractivity contribution in [3.8, 4) is 6.07 Å². The van der Waals surface area contributed by atoms with Crippen molar-refractivity contribution in [1.29, 1.82) is 5.26 Å². The first-order chi connectivity index (χ1) is 7.72. The minimum atomic E-state index is -0.900. The molecule has 0 aromatic carbocycles. The van der Waals surface area contributed by atoms with Gasteiger partial charge in [-0.05, 0) is 6.42 Å². The van der Waals surface area contributed by atoms with Gasteiger partial charge in [-0.3, -0.25) is 9.59 Å². The number of Topliss-reactive ketones (excluding diaryl/α,β-unsaturated/α-hetero) is 2. The molecule has 0 aromatic heterocycles. The average molecular weight is 223 g/mol. The molecule has 3 heteroatoms. The quantitative estimate of drug-likeness (QED) is 0.324. The van der Waals surface area contributed by atoms with Gasteiger partial charge in [0.05, 0.1) is 0 Å². The molecule has 0 rings (SSSR count). The van der Waals surface area contributed by atoms with Crippen molar-refractivity contribution in [3.05, 3.63) is 0 Å². The van der Waals surface area contributed by atoms with E-state index in [1.807, 2.05) is 0 Å². The van der Waals surface area contributed by atoms with Gasteiger partial charge in [0.15, 0.2) is 0 Å². The maximum atomic E-state index is 11.0. The van der Waals surface area contributed by atoms with Gasteiger partial charge in [-0.2, -0.15) is 5.26 Å². The maximum absolute atomic E-state index is 11.0. The lowest BCUT2D eigenvalue weighted by atomic mass is 10.1. The molecular weight excluding hydrogens is 202 g/mol. The highest BCUT2D eigenvalue weighted by atomic mass is 16.2. The molecule has 0 spiro atoms. The summed E-state index contributed by atoms with van der Waals surface area (Å²) in [6.45, 7) is 2.19. The van der Waals surface area contributed by atoms with Crippen LogP contribution in [0, 0.1) is 11.3 Å². The number of carbonyl (C=O) groups excluding carboxylic acids is 2. The summed E-state index contributed by atoms with van der Waals surface area (Å²) in [4.78, 5) is 21.6. The Morgan fingerprint density at radius 2 is 1.44 bits per heavy atom. The highest BCUT2D eigenvalue weighted by molar-refractivity contribution is 6.43. The molecular formula is C13H21NO2. The summed E-state index contributed by atoms with van der Waals surface area (Å²) in [6.07, 6.45) is 9.40. The second-order valence-corrected chi connectivity index (χ2v) is 4.09. The Labute approximate surface area is 97.8 Å². The number of rotatable bonds is 10. The lowest BCUT2D eigenvalue weighted by Crippen LogP contribution is -2.10. The van der Waals surface area contributed by atoms with Gasteiger partial charge in [0, 0.05) is 6.42 Å². The topological polar surface area (TPSA) is 57.9 Å². The molecule has 0 saturated carbocycles. The first-order valence-corrected chi connectivity index (χ1v) is 6.19. The van der Waals surface area contributed by atoms with E-state index in [4.69, 9.17) is 5.26 Å². The molecule has 0 aromatic rings. The van der Waals surface area contributed by atoms with Crippen LogP contribution >= 0.6 is 0 Å². The van der Waals surface area contributed by atoms with E-state index in [-0.39, 0.29) is 6.42 Å². The van der Waals surface area contributed by atoms with Crippen LogP contribution in [0.25, 0.3) is 0 Å². The van der Waals surface area contributed by atoms with Crippen molar-refractivity contribution < 1.29 is 9.59 Å². The molecule has 0 fully saturated rings. The summed E-state index contributed by atoms with van der Waals surface area (Å²) in [5.41, 5.74) is 0. The minimum Gasteiger partial charge on any atom is -0.290 e. The molecule has 0 N–H and O–H groups in total. The van der Waals surface area contributed by atoms with E-state index in [0.717, 1.165) is 19.3 Å². The third kappa shape index (κ3) is 8.16. The van der Waals surface area contributed by atoms with Gasteiger partial charge >= 0.3 is 0 Å². The van der Waals surface area contributed by atoms with Crippen LogP contribution in [0.15, 0.2) is 0 Å². The Morgan fingerprint density at radius 1 is 0.938 bits per heavy atom. The van der Waals surface area contributed by atoms with Crippen LogP contribution in [0.4, 0.5) is 0 Å². The van der Waals surface area contributed by atoms with Gasteiger partial charge in [0.2, 0.25) is 5.78 Å². The average Bonchev–Trinajstić information content (AvgIpc) is 2.31. The predicted octanol–water partition coefficient (Wildman–Crippen LogP) is 3.18. The van der Waals surface area contributed by atoms with Crippen molar-refractivity contribution in [2.45, 2.75) is 64.7 Å². The van der Waals surface area contributed by atoms with E-state index in [1.54, 1.807) is 0 Å². The summed E-state index contributed by atoms with van der Waals surface area (Å²) in [5.74, 6) is -1.43. The SMILES string of the molecule is CCCCCCCCCCC(=O)C(=O)C#N. The van der Waals surface area contributed by atoms with Crippen LogP contribution < -0.4 is 0 Å². The number of unbranched alkanes of at least 4 members (excludes halogenated alkanes) is 7. The standard InChI is InChI=1S/C13H21NO2/c1-2-3-4-5-6-7-8-9-10-12(15)13(16)11-14/h2-10H2,1H3. The van der Waals surface area contributed by atoms with E-state index >= 15 is 0 Å². The van der Waals surface area contributed by atoms with Crippen LogP contribution in [0.5, 0.6) is 0 Å². The van der Waals surface area contributed by atoms with E-state index in [1.165, 1.54) is 38.2 Å². The van der Waals surface area contributed by atoms with Crippen molar-refractivity contribution in [3.63, 3.8) is 0 Å². The van der Waals surface area contributed by atoms with Gasteiger partial charge in [-0.15, -0.1) is 0 Å². The summed E-state index contributed by atoms with van der Waals surface area (Å²) in [6, 6.07) is 1.35. The predicted molar refractivity (Wildman–Crippen MR) is 62.9 cm³/mol. The molecule has 0 heterocycles. The Bertz CT molecular complexity index is 253. The Balaban J connectivity index is 3.25. The summed E-state index contributed by atoms with van der Waals surface area (Å²) < 4.78 is 0. The Morgan fingerprint density at radius 3 is 1.94 bits per heavy atom. The molecule has 0 radical (unpaired) electrons. The van der Waals surface area contributed by atoms with Crippen LogP contribution in [0.3, 0.4) is 0 Å². The first-order valence-electron chi connectivity index (χ1n) is 6.19.